The van der Waals surface area contributed by atoms with Gasteiger partial charge in [0.05, 0.1) is 0 Å². The van der Waals surface area contributed by atoms with Crippen molar-refractivity contribution < 1.29 is 14.2 Å². The largest absolute Gasteiger partial charge is 0.473 e. The quantitative estimate of drug-likeness (QED) is 0.700. The lowest BCUT2D eigenvalue weighted by atomic mass is 10.1. The van der Waals surface area contributed by atoms with E-state index in [-0.39, 0.29) is 6.79 Å². The van der Waals surface area contributed by atoms with E-state index >= 15 is 0 Å². The average molecular weight is 363 g/mol. The van der Waals surface area contributed by atoms with Crippen LogP contribution < -0.4 is 19.5 Å². The molecular weight excluding hydrogens is 342 g/mol. The van der Waals surface area contributed by atoms with Gasteiger partial charge in [-0.3, -0.25) is 0 Å². The maximum atomic E-state index is 5.87. The molecule has 0 radical (unpaired) electrons. The zero-order valence-corrected chi connectivity index (χ0v) is 15.4. The van der Waals surface area contributed by atoms with Crippen molar-refractivity contribution in [1.82, 2.24) is 9.97 Å². The number of nitrogens with one attached hydrogen (secondary N) is 1. The van der Waals surface area contributed by atoms with Crippen molar-refractivity contribution >= 4 is 11.6 Å². The number of rotatable bonds is 6. The molecule has 1 aliphatic rings. The Morgan fingerprint density at radius 2 is 1.89 bits per heavy atom. The van der Waals surface area contributed by atoms with E-state index in [1.807, 2.05) is 43.3 Å². The highest BCUT2D eigenvalue weighted by atomic mass is 16.7. The van der Waals surface area contributed by atoms with E-state index in [0.717, 1.165) is 34.9 Å². The lowest BCUT2D eigenvalue weighted by Gasteiger charge is -2.10. The topological polar surface area (TPSA) is 65.5 Å². The summed E-state index contributed by atoms with van der Waals surface area (Å²) >= 11 is 0. The summed E-state index contributed by atoms with van der Waals surface area (Å²) in [6, 6.07) is 15.8. The highest BCUT2D eigenvalue weighted by Crippen LogP contribution is 2.32. The number of fused-ring (bicyclic) bond motifs is 1. The second-order valence-electron chi connectivity index (χ2n) is 6.33. The van der Waals surface area contributed by atoms with Crippen LogP contribution in [-0.2, 0) is 13.0 Å². The molecule has 0 fully saturated rings. The summed E-state index contributed by atoms with van der Waals surface area (Å²) in [4.78, 5) is 8.92. The fourth-order valence-electron chi connectivity index (χ4n) is 2.86. The van der Waals surface area contributed by atoms with Crippen LogP contribution >= 0.6 is 0 Å². The molecule has 2 aromatic carbocycles. The molecule has 0 saturated carbocycles. The van der Waals surface area contributed by atoms with Gasteiger partial charge in [-0.15, -0.1) is 0 Å². The third-order valence-electron chi connectivity index (χ3n) is 4.25. The van der Waals surface area contributed by atoms with Crippen LogP contribution in [0.3, 0.4) is 0 Å². The number of anilines is 2. The minimum atomic E-state index is 0.263. The van der Waals surface area contributed by atoms with Crippen LogP contribution in [0.25, 0.3) is 0 Å². The fourth-order valence-corrected chi connectivity index (χ4v) is 2.86. The van der Waals surface area contributed by atoms with Gasteiger partial charge in [0.2, 0.25) is 18.6 Å². The zero-order valence-electron chi connectivity index (χ0n) is 15.4. The van der Waals surface area contributed by atoms with E-state index in [0.29, 0.717) is 18.4 Å². The Morgan fingerprint density at radius 3 is 2.78 bits per heavy atom. The first kappa shape index (κ1) is 17.1. The van der Waals surface area contributed by atoms with Crippen molar-refractivity contribution in [3.05, 3.63) is 65.4 Å². The van der Waals surface area contributed by atoms with E-state index in [1.54, 1.807) is 0 Å². The molecule has 3 aromatic rings. The van der Waals surface area contributed by atoms with Gasteiger partial charge in [0.25, 0.3) is 0 Å². The number of aromatic nitrogens is 2. The molecule has 1 aromatic heterocycles. The number of aryl methyl sites for hydroxylation is 2. The summed E-state index contributed by atoms with van der Waals surface area (Å²) in [5, 5.41) is 3.25. The summed E-state index contributed by atoms with van der Waals surface area (Å²) in [6.07, 6.45) is 0.980. The van der Waals surface area contributed by atoms with Gasteiger partial charge in [-0.1, -0.05) is 25.1 Å². The summed E-state index contributed by atoms with van der Waals surface area (Å²) in [5.74, 6) is 2.55. The molecule has 0 aliphatic carbocycles. The fraction of sp³-hybridized carbons (Fsp3) is 0.238. The summed E-state index contributed by atoms with van der Waals surface area (Å²) < 4.78 is 16.6. The smallest absolute Gasteiger partial charge is 0.231 e. The van der Waals surface area contributed by atoms with Crippen LogP contribution in [0.2, 0.25) is 0 Å². The van der Waals surface area contributed by atoms with E-state index in [2.05, 4.69) is 34.3 Å². The molecule has 0 spiro atoms. The minimum absolute atomic E-state index is 0.263. The van der Waals surface area contributed by atoms with Crippen molar-refractivity contribution in [2.24, 2.45) is 0 Å². The molecule has 27 heavy (non-hydrogen) atoms. The Morgan fingerprint density at radius 1 is 1.00 bits per heavy atom. The SMILES string of the molecule is CCc1cccc(Nc2nc(C)cc(OCc3ccc4c(c3)OCO4)n2)c1. The third-order valence-corrected chi connectivity index (χ3v) is 4.25. The minimum Gasteiger partial charge on any atom is -0.473 e. The molecule has 6 nitrogen and oxygen atoms in total. The molecule has 2 heterocycles. The van der Waals surface area contributed by atoms with Gasteiger partial charge >= 0.3 is 0 Å². The van der Waals surface area contributed by atoms with Crippen LogP contribution in [-0.4, -0.2) is 16.8 Å². The molecule has 4 rings (SSSR count). The Labute approximate surface area is 158 Å². The second-order valence-corrected chi connectivity index (χ2v) is 6.33. The monoisotopic (exact) mass is 363 g/mol. The summed E-state index contributed by atoms with van der Waals surface area (Å²) in [6.45, 7) is 4.70. The first-order chi connectivity index (χ1) is 13.2. The molecule has 138 valence electrons. The van der Waals surface area contributed by atoms with E-state index in [1.165, 1.54) is 5.56 Å². The van der Waals surface area contributed by atoms with Crippen LogP contribution in [0.4, 0.5) is 11.6 Å². The van der Waals surface area contributed by atoms with E-state index in [4.69, 9.17) is 14.2 Å². The second kappa shape index (κ2) is 7.53. The lowest BCUT2D eigenvalue weighted by molar-refractivity contribution is 0.174. The Kier molecular flexibility index (Phi) is 4.78. The van der Waals surface area contributed by atoms with Crippen molar-refractivity contribution in [1.29, 1.82) is 0 Å². The Bertz CT molecular complexity index is 959. The van der Waals surface area contributed by atoms with Crippen LogP contribution in [0.5, 0.6) is 17.4 Å². The van der Waals surface area contributed by atoms with Crippen LogP contribution in [0.1, 0.15) is 23.7 Å². The van der Waals surface area contributed by atoms with Crippen molar-refractivity contribution in [2.75, 3.05) is 12.1 Å². The molecular formula is C21H21N3O3. The number of nitrogens with zero attached hydrogens (tertiary/aromatic N) is 2. The highest BCUT2D eigenvalue weighted by Gasteiger charge is 2.13. The number of hydrogen-bond donors (Lipinski definition) is 1. The predicted octanol–water partition coefficient (Wildman–Crippen LogP) is 4.40. The van der Waals surface area contributed by atoms with Crippen molar-refractivity contribution in [3.8, 4) is 17.4 Å². The standard InChI is InChI=1S/C21H21N3O3/c1-3-15-5-4-6-17(10-15)23-21-22-14(2)9-20(24-21)25-12-16-7-8-18-19(11-16)27-13-26-18/h4-11H,3,12-13H2,1-2H3,(H,22,23,24). The maximum Gasteiger partial charge on any atom is 0.231 e. The van der Waals surface area contributed by atoms with Gasteiger partial charge in [-0.2, -0.15) is 4.98 Å². The Balaban J connectivity index is 1.47. The van der Waals surface area contributed by atoms with Crippen LogP contribution in [0, 0.1) is 6.92 Å². The highest BCUT2D eigenvalue weighted by molar-refractivity contribution is 5.55. The summed E-state index contributed by atoms with van der Waals surface area (Å²) in [5.41, 5.74) is 4.04. The van der Waals surface area contributed by atoms with Gasteiger partial charge in [0, 0.05) is 17.4 Å². The zero-order chi connectivity index (χ0) is 18.6. The maximum absolute atomic E-state index is 5.87. The number of benzene rings is 2. The molecule has 0 amide bonds. The third kappa shape index (κ3) is 4.11. The average Bonchev–Trinajstić information content (AvgIpc) is 3.14. The molecule has 1 aliphatic heterocycles. The normalized spacial score (nSPS) is 12.1. The molecule has 6 heteroatoms. The van der Waals surface area contributed by atoms with E-state index in [9.17, 15) is 0 Å². The Hall–Kier alpha value is -3.28. The number of hydrogen-bond acceptors (Lipinski definition) is 6. The molecule has 0 bridgehead atoms. The number of ether oxygens (including phenoxy) is 3. The lowest BCUT2D eigenvalue weighted by Crippen LogP contribution is -2.03. The molecule has 0 saturated heterocycles. The van der Waals surface area contributed by atoms with Crippen LogP contribution in [0.15, 0.2) is 48.5 Å². The molecule has 0 unspecified atom stereocenters. The van der Waals surface area contributed by atoms with Crippen molar-refractivity contribution in [3.63, 3.8) is 0 Å². The van der Waals surface area contributed by atoms with E-state index < -0.39 is 0 Å². The first-order valence-electron chi connectivity index (χ1n) is 8.92. The van der Waals surface area contributed by atoms with Gasteiger partial charge < -0.3 is 19.5 Å². The molecule has 0 atom stereocenters. The molecule has 1 N–H and O–H groups in total. The predicted molar refractivity (Wildman–Crippen MR) is 103 cm³/mol. The van der Waals surface area contributed by atoms with Gasteiger partial charge in [0.15, 0.2) is 11.5 Å². The van der Waals surface area contributed by atoms with Gasteiger partial charge in [-0.05, 0) is 48.7 Å². The first-order valence-corrected chi connectivity index (χ1v) is 8.92. The summed E-state index contributed by atoms with van der Waals surface area (Å²) in [7, 11) is 0. The van der Waals surface area contributed by atoms with Crippen molar-refractivity contribution in [2.45, 2.75) is 26.9 Å². The van der Waals surface area contributed by atoms with Gasteiger partial charge in [-0.25, -0.2) is 4.98 Å². The van der Waals surface area contributed by atoms with Gasteiger partial charge in [0.1, 0.15) is 6.61 Å².